The van der Waals surface area contributed by atoms with Crippen LogP contribution in [0.5, 0.6) is 0 Å². The molecule has 0 atom stereocenters. The molecule has 0 radical (unpaired) electrons. The highest BCUT2D eigenvalue weighted by Crippen LogP contribution is 2.21. The summed E-state index contributed by atoms with van der Waals surface area (Å²) in [4.78, 5) is 3.94. The van der Waals surface area contributed by atoms with Gasteiger partial charge in [0.1, 0.15) is 5.82 Å². The number of ether oxygens (including phenoxy) is 1. The molecule has 0 unspecified atom stereocenters. The van der Waals surface area contributed by atoms with E-state index in [0.29, 0.717) is 5.82 Å². The van der Waals surface area contributed by atoms with Crippen LogP contribution in [-0.2, 0) is 11.3 Å². The lowest BCUT2D eigenvalue weighted by atomic mass is 10.3. The molecule has 17 heavy (non-hydrogen) atoms. The quantitative estimate of drug-likeness (QED) is 0.461. The molecule has 0 spiro atoms. The van der Waals surface area contributed by atoms with Crippen LogP contribution in [0.15, 0.2) is 18.3 Å². The van der Waals surface area contributed by atoms with Crippen molar-refractivity contribution in [2.75, 3.05) is 12.0 Å². The standard InChI is InChI=1S/C10H14F3N3O/c11-10(12,13)4-1-5-17-7-8-2-3-9(16-14)15-6-8/h2-3,6H,1,4-5,7,14H2,(H,15,16). The zero-order chi connectivity index (χ0) is 12.7. The molecular weight excluding hydrogens is 235 g/mol. The van der Waals surface area contributed by atoms with Gasteiger partial charge in [0.2, 0.25) is 0 Å². The summed E-state index contributed by atoms with van der Waals surface area (Å²) in [5.41, 5.74) is 3.16. The van der Waals surface area contributed by atoms with Gasteiger partial charge in [0.05, 0.1) is 6.61 Å². The summed E-state index contributed by atoms with van der Waals surface area (Å²) in [6.45, 7) is 0.326. The molecule has 1 aromatic heterocycles. The van der Waals surface area contributed by atoms with Gasteiger partial charge in [0.15, 0.2) is 0 Å². The van der Waals surface area contributed by atoms with Crippen molar-refractivity contribution in [3.63, 3.8) is 0 Å². The van der Waals surface area contributed by atoms with Crippen LogP contribution in [0.4, 0.5) is 19.0 Å². The zero-order valence-corrected chi connectivity index (χ0v) is 9.13. The first-order valence-electron chi connectivity index (χ1n) is 5.07. The molecular formula is C10H14F3N3O. The predicted octanol–water partition coefficient (Wildman–Crippen LogP) is 2.23. The average molecular weight is 249 g/mol. The molecule has 96 valence electrons. The second kappa shape index (κ2) is 6.41. The number of hydrazine groups is 1. The Morgan fingerprint density at radius 3 is 2.65 bits per heavy atom. The first kappa shape index (κ1) is 13.7. The van der Waals surface area contributed by atoms with E-state index in [1.54, 1.807) is 18.3 Å². The van der Waals surface area contributed by atoms with E-state index in [2.05, 4.69) is 10.4 Å². The van der Waals surface area contributed by atoms with Crippen molar-refractivity contribution in [2.24, 2.45) is 5.84 Å². The Kier molecular flexibility index (Phi) is 5.17. The molecule has 0 saturated carbocycles. The molecule has 0 saturated heterocycles. The van der Waals surface area contributed by atoms with Gasteiger partial charge in [0.25, 0.3) is 0 Å². The van der Waals surface area contributed by atoms with Crippen molar-refractivity contribution in [1.29, 1.82) is 0 Å². The lowest BCUT2D eigenvalue weighted by Crippen LogP contribution is -2.09. The molecule has 0 aliphatic carbocycles. The van der Waals surface area contributed by atoms with E-state index in [0.717, 1.165) is 5.56 Å². The van der Waals surface area contributed by atoms with Gasteiger partial charge in [-0.1, -0.05) is 6.07 Å². The summed E-state index contributed by atoms with van der Waals surface area (Å²) < 4.78 is 40.5. The van der Waals surface area contributed by atoms with Crippen molar-refractivity contribution in [1.82, 2.24) is 4.98 Å². The van der Waals surface area contributed by atoms with Crippen LogP contribution in [0.2, 0.25) is 0 Å². The normalized spacial score (nSPS) is 11.5. The molecule has 0 amide bonds. The van der Waals surface area contributed by atoms with Gasteiger partial charge in [-0.05, 0) is 18.1 Å². The van der Waals surface area contributed by atoms with Gasteiger partial charge >= 0.3 is 6.18 Å². The van der Waals surface area contributed by atoms with Crippen molar-refractivity contribution >= 4 is 5.82 Å². The third kappa shape index (κ3) is 6.08. The summed E-state index contributed by atoms with van der Waals surface area (Å²) >= 11 is 0. The number of hydrogen-bond donors (Lipinski definition) is 2. The largest absolute Gasteiger partial charge is 0.389 e. The summed E-state index contributed by atoms with van der Waals surface area (Å²) in [5, 5.41) is 0. The molecule has 0 aliphatic rings. The number of pyridine rings is 1. The highest BCUT2D eigenvalue weighted by atomic mass is 19.4. The molecule has 1 heterocycles. The molecule has 0 bridgehead atoms. The third-order valence-electron chi connectivity index (χ3n) is 1.99. The minimum absolute atomic E-state index is 0.0284. The van der Waals surface area contributed by atoms with E-state index in [-0.39, 0.29) is 19.6 Å². The Morgan fingerprint density at radius 1 is 1.35 bits per heavy atom. The van der Waals surface area contributed by atoms with Crippen LogP contribution in [0.3, 0.4) is 0 Å². The minimum Gasteiger partial charge on any atom is -0.377 e. The van der Waals surface area contributed by atoms with Gasteiger partial charge < -0.3 is 10.2 Å². The molecule has 3 N–H and O–H groups in total. The summed E-state index contributed by atoms with van der Waals surface area (Å²) in [7, 11) is 0. The number of alkyl halides is 3. The molecule has 7 heteroatoms. The van der Waals surface area contributed by atoms with E-state index in [4.69, 9.17) is 10.6 Å². The van der Waals surface area contributed by atoms with Gasteiger partial charge in [-0.3, -0.25) is 0 Å². The van der Waals surface area contributed by atoms with E-state index in [1.807, 2.05) is 0 Å². The van der Waals surface area contributed by atoms with Gasteiger partial charge in [0, 0.05) is 19.2 Å². The van der Waals surface area contributed by atoms with Crippen LogP contribution < -0.4 is 11.3 Å². The lowest BCUT2D eigenvalue weighted by Gasteiger charge is -2.07. The number of hydrogen-bond acceptors (Lipinski definition) is 4. The van der Waals surface area contributed by atoms with Gasteiger partial charge in [-0.2, -0.15) is 13.2 Å². The van der Waals surface area contributed by atoms with E-state index in [9.17, 15) is 13.2 Å². The van der Waals surface area contributed by atoms with E-state index < -0.39 is 12.6 Å². The maximum absolute atomic E-state index is 11.8. The number of nitrogens with one attached hydrogen (secondary N) is 1. The van der Waals surface area contributed by atoms with Crippen LogP contribution >= 0.6 is 0 Å². The Hall–Kier alpha value is -1.34. The molecule has 0 aliphatic heterocycles. The SMILES string of the molecule is NNc1ccc(COCCCC(F)(F)F)cn1. The van der Waals surface area contributed by atoms with Crippen molar-refractivity contribution < 1.29 is 17.9 Å². The van der Waals surface area contributed by atoms with Crippen LogP contribution in [0.1, 0.15) is 18.4 Å². The first-order chi connectivity index (χ1) is 8.01. The highest BCUT2D eigenvalue weighted by molar-refractivity contribution is 5.33. The van der Waals surface area contributed by atoms with E-state index >= 15 is 0 Å². The van der Waals surface area contributed by atoms with Crippen molar-refractivity contribution in [2.45, 2.75) is 25.6 Å². The smallest absolute Gasteiger partial charge is 0.377 e. The minimum atomic E-state index is -4.11. The second-order valence-corrected chi connectivity index (χ2v) is 3.47. The Balaban J connectivity index is 2.18. The molecule has 1 rings (SSSR count). The monoisotopic (exact) mass is 249 g/mol. The second-order valence-electron chi connectivity index (χ2n) is 3.47. The third-order valence-corrected chi connectivity index (χ3v) is 1.99. The Bertz CT molecular complexity index is 327. The fourth-order valence-electron chi connectivity index (χ4n) is 1.16. The fraction of sp³-hybridized carbons (Fsp3) is 0.500. The summed E-state index contributed by atoms with van der Waals surface area (Å²) in [5.74, 6) is 5.65. The summed E-state index contributed by atoms with van der Waals surface area (Å²) in [6.07, 6.45) is -3.40. The Labute approximate surface area is 96.9 Å². The van der Waals surface area contributed by atoms with Gasteiger partial charge in [-0.15, -0.1) is 0 Å². The van der Waals surface area contributed by atoms with Crippen molar-refractivity contribution in [3.8, 4) is 0 Å². The number of nitrogens with two attached hydrogens (primary N) is 1. The molecule has 4 nitrogen and oxygen atoms in total. The lowest BCUT2D eigenvalue weighted by molar-refractivity contribution is -0.138. The zero-order valence-electron chi connectivity index (χ0n) is 9.13. The first-order valence-corrected chi connectivity index (χ1v) is 5.07. The van der Waals surface area contributed by atoms with Crippen LogP contribution in [0, 0.1) is 0 Å². The number of rotatable bonds is 6. The average Bonchev–Trinajstić information content (AvgIpc) is 2.28. The maximum atomic E-state index is 11.8. The van der Waals surface area contributed by atoms with Crippen LogP contribution in [0.25, 0.3) is 0 Å². The van der Waals surface area contributed by atoms with Gasteiger partial charge in [-0.25, -0.2) is 10.8 Å². The highest BCUT2D eigenvalue weighted by Gasteiger charge is 2.25. The maximum Gasteiger partial charge on any atom is 0.389 e. The summed E-state index contributed by atoms with van der Waals surface area (Å²) in [6, 6.07) is 3.40. The predicted molar refractivity (Wildman–Crippen MR) is 57.0 cm³/mol. The number of nitrogen functional groups attached to an aromatic ring is 1. The number of nitrogens with zero attached hydrogens (tertiary/aromatic N) is 1. The molecule has 1 aromatic rings. The molecule has 0 aromatic carbocycles. The fourth-order valence-corrected chi connectivity index (χ4v) is 1.16. The van der Waals surface area contributed by atoms with Crippen molar-refractivity contribution in [3.05, 3.63) is 23.9 Å². The topological polar surface area (TPSA) is 60.2 Å². The number of aromatic nitrogens is 1. The van der Waals surface area contributed by atoms with E-state index in [1.165, 1.54) is 0 Å². The number of halogens is 3. The molecule has 0 fully saturated rings. The number of anilines is 1. The van der Waals surface area contributed by atoms with Crippen LogP contribution in [-0.4, -0.2) is 17.8 Å². The Morgan fingerprint density at radius 2 is 2.12 bits per heavy atom.